The van der Waals surface area contributed by atoms with Crippen LogP contribution in [-0.2, 0) is 16.1 Å². The Morgan fingerprint density at radius 1 is 1.13 bits per heavy atom. The Morgan fingerprint density at radius 2 is 1.83 bits per heavy atom. The van der Waals surface area contributed by atoms with Crippen molar-refractivity contribution in [2.75, 3.05) is 6.61 Å². The second kappa shape index (κ2) is 10.5. The number of benzene rings is 2. The smallest absolute Gasteiger partial charge is 0.341 e. The van der Waals surface area contributed by atoms with Gasteiger partial charge in [-0.2, -0.15) is 0 Å². The number of aromatic nitrogens is 1. The molecular weight excluding hydrogens is 464 g/mol. The van der Waals surface area contributed by atoms with Crippen molar-refractivity contribution < 1.29 is 14.3 Å². The molecule has 30 heavy (non-hydrogen) atoms. The molecule has 0 fully saturated rings. The van der Waals surface area contributed by atoms with E-state index in [-0.39, 0.29) is 12.5 Å². The Balaban J connectivity index is 1.78. The molecular formula is C23H23BrN2O3S. The number of hydrogen-bond acceptors (Lipinski definition) is 4. The summed E-state index contributed by atoms with van der Waals surface area (Å²) in [5.74, 6) is -0.505. The molecule has 0 saturated carbocycles. The maximum absolute atomic E-state index is 12.7. The van der Waals surface area contributed by atoms with E-state index in [9.17, 15) is 9.59 Å². The molecule has 0 saturated heterocycles. The number of halogens is 1. The number of carbonyl (C=O) groups is 2. The summed E-state index contributed by atoms with van der Waals surface area (Å²) >= 11 is 4.74. The molecule has 5 nitrogen and oxygen atoms in total. The topological polar surface area (TPSA) is 71.2 Å². The van der Waals surface area contributed by atoms with Crippen LogP contribution in [0, 0.1) is 0 Å². The van der Waals surface area contributed by atoms with Gasteiger partial charge in [0, 0.05) is 22.8 Å². The monoisotopic (exact) mass is 486 g/mol. The van der Waals surface area contributed by atoms with Crippen LogP contribution in [0.2, 0.25) is 0 Å². The third-order valence-electron chi connectivity index (χ3n) is 4.45. The zero-order chi connectivity index (χ0) is 21.5. The molecule has 0 radical (unpaired) electrons. The third kappa shape index (κ3) is 5.55. The van der Waals surface area contributed by atoms with E-state index >= 15 is 0 Å². The molecule has 1 atom stereocenters. The lowest BCUT2D eigenvalue weighted by Gasteiger charge is -2.13. The van der Waals surface area contributed by atoms with Crippen LogP contribution in [0.4, 0.5) is 0 Å². The fourth-order valence-corrected chi connectivity index (χ4v) is 4.17. The van der Waals surface area contributed by atoms with Gasteiger partial charge in [0.25, 0.3) is 0 Å². The Morgan fingerprint density at radius 3 is 2.50 bits per heavy atom. The molecule has 7 heteroatoms. The zero-order valence-electron chi connectivity index (χ0n) is 16.8. The number of esters is 1. The van der Waals surface area contributed by atoms with E-state index in [1.807, 2.05) is 61.5 Å². The molecule has 1 aromatic heterocycles. The van der Waals surface area contributed by atoms with Gasteiger partial charge in [-0.25, -0.2) is 4.79 Å². The van der Waals surface area contributed by atoms with Crippen LogP contribution in [0.25, 0.3) is 11.1 Å². The molecule has 3 rings (SSSR count). The molecule has 0 aliphatic carbocycles. The maximum Gasteiger partial charge on any atom is 0.341 e. The summed E-state index contributed by atoms with van der Waals surface area (Å²) < 4.78 is 6.23. The Bertz CT molecular complexity index is 1000. The average molecular weight is 487 g/mol. The van der Waals surface area contributed by atoms with Gasteiger partial charge < -0.3 is 15.0 Å². The standard InChI is InChI=1S/C23H23BrN2O3S/c1-3-29-23(28)20-19(17-9-11-18(24)12-10-17)14-26-22(20)30-15(2)21(27)25-13-16-7-5-4-6-8-16/h4-12,14-15,26H,3,13H2,1-2H3,(H,25,27). The van der Waals surface area contributed by atoms with Crippen molar-refractivity contribution in [2.24, 2.45) is 0 Å². The summed E-state index contributed by atoms with van der Waals surface area (Å²) in [5.41, 5.74) is 3.13. The number of ether oxygens (including phenoxy) is 1. The first kappa shape index (κ1) is 22.2. The van der Waals surface area contributed by atoms with Gasteiger partial charge in [-0.15, -0.1) is 0 Å². The number of nitrogens with one attached hydrogen (secondary N) is 2. The summed E-state index contributed by atoms with van der Waals surface area (Å²) in [5, 5.41) is 3.17. The van der Waals surface area contributed by atoms with Crippen LogP contribution in [0.3, 0.4) is 0 Å². The summed E-state index contributed by atoms with van der Waals surface area (Å²) in [4.78, 5) is 28.4. The minimum atomic E-state index is -0.406. The van der Waals surface area contributed by atoms with Gasteiger partial charge in [-0.3, -0.25) is 4.79 Å². The Kier molecular flexibility index (Phi) is 7.76. The predicted octanol–water partition coefficient (Wildman–Crippen LogP) is 5.42. The van der Waals surface area contributed by atoms with Gasteiger partial charge in [0.05, 0.1) is 22.4 Å². The largest absolute Gasteiger partial charge is 0.462 e. The van der Waals surface area contributed by atoms with Crippen LogP contribution < -0.4 is 5.32 Å². The lowest BCUT2D eigenvalue weighted by atomic mass is 10.1. The molecule has 1 heterocycles. The molecule has 3 aromatic rings. The van der Waals surface area contributed by atoms with E-state index in [0.717, 1.165) is 21.2 Å². The SMILES string of the molecule is CCOC(=O)c1c(-c2ccc(Br)cc2)c[nH]c1SC(C)C(=O)NCc1ccccc1. The highest BCUT2D eigenvalue weighted by Gasteiger charge is 2.24. The van der Waals surface area contributed by atoms with Crippen LogP contribution in [-0.4, -0.2) is 28.7 Å². The summed E-state index contributed by atoms with van der Waals surface area (Å²) in [6, 6.07) is 17.4. The number of rotatable bonds is 8. The van der Waals surface area contributed by atoms with Gasteiger partial charge in [0.2, 0.25) is 5.91 Å². The van der Waals surface area contributed by atoms with Crippen LogP contribution >= 0.6 is 27.7 Å². The van der Waals surface area contributed by atoms with Crippen molar-refractivity contribution in [3.63, 3.8) is 0 Å². The fourth-order valence-electron chi connectivity index (χ4n) is 2.92. The van der Waals surface area contributed by atoms with Gasteiger partial charge in [0.15, 0.2) is 0 Å². The van der Waals surface area contributed by atoms with E-state index in [1.54, 1.807) is 13.1 Å². The highest BCUT2D eigenvalue weighted by Crippen LogP contribution is 2.34. The minimum absolute atomic E-state index is 0.0987. The first-order chi connectivity index (χ1) is 14.5. The molecule has 2 aromatic carbocycles. The molecule has 2 N–H and O–H groups in total. The molecule has 1 unspecified atom stereocenters. The maximum atomic E-state index is 12.7. The van der Waals surface area contributed by atoms with E-state index in [4.69, 9.17) is 4.74 Å². The second-order valence-electron chi connectivity index (χ2n) is 6.60. The first-order valence-electron chi connectivity index (χ1n) is 9.62. The van der Waals surface area contributed by atoms with Crippen molar-refractivity contribution in [1.29, 1.82) is 0 Å². The van der Waals surface area contributed by atoms with Gasteiger partial charge in [-0.05, 0) is 37.1 Å². The summed E-state index contributed by atoms with van der Waals surface area (Å²) in [6.45, 7) is 4.33. The highest BCUT2D eigenvalue weighted by atomic mass is 79.9. The van der Waals surface area contributed by atoms with Gasteiger partial charge in [0.1, 0.15) is 0 Å². The summed E-state index contributed by atoms with van der Waals surface area (Å²) in [6.07, 6.45) is 1.78. The number of aromatic amines is 1. The Hall–Kier alpha value is -2.51. The predicted molar refractivity (Wildman–Crippen MR) is 123 cm³/mol. The average Bonchev–Trinajstić information content (AvgIpc) is 3.17. The van der Waals surface area contributed by atoms with Crippen molar-refractivity contribution in [3.05, 3.63) is 76.4 Å². The minimum Gasteiger partial charge on any atom is -0.462 e. The van der Waals surface area contributed by atoms with Crippen molar-refractivity contribution >= 4 is 39.6 Å². The molecule has 0 aliphatic heterocycles. The van der Waals surface area contributed by atoms with Crippen LogP contribution in [0.15, 0.2) is 70.3 Å². The quantitative estimate of drug-likeness (QED) is 0.329. The van der Waals surface area contributed by atoms with Crippen LogP contribution in [0.1, 0.15) is 29.8 Å². The van der Waals surface area contributed by atoms with E-state index in [1.165, 1.54) is 11.8 Å². The lowest BCUT2D eigenvalue weighted by molar-refractivity contribution is -0.120. The molecule has 0 aliphatic rings. The van der Waals surface area contributed by atoms with Crippen molar-refractivity contribution in [3.8, 4) is 11.1 Å². The third-order valence-corrected chi connectivity index (χ3v) is 6.11. The summed E-state index contributed by atoms with van der Waals surface area (Å²) in [7, 11) is 0. The molecule has 0 spiro atoms. The molecule has 156 valence electrons. The zero-order valence-corrected chi connectivity index (χ0v) is 19.2. The van der Waals surface area contributed by atoms with Gasteiger partial charge >= 0.3 is 5.97 Å². The number of thioether (sulfide) groups is 1. The van der Waals surface area contributed by atoms with E-state index in [2.05, 4.69) is 26.2 Å². The highest BCUT2D eigenvalue weighted by molar-refractivity contribution is 9.10. The first-order valence-corrected chi connectivity index (χ1v) is 11.3. The van der Waals surface area contributed by atoms with Gasteiger partial charge in [-0.1, -0.05) is 70.2 Å². The molecule has 0 bridgehead atoms. The normalized spacial score (nSPS) is 11.7. The van der Waals surface area contributed by atoms with E-state index < -0.39 is 11.2 Å². The fraction of sp³-hybridized carbons (Fsp3) is 0.217. The lowest BCUT2D eigenvalue weighted by Crippen LogP contribution is -2.30. The van der Waals surface area contributed by atoms with Crippen molar-refractivity contribution in [1.82, 2.24) is 10.3 Å². The Labute approximate surface area is 188 Å². The number of hydrogen-bond donors (Lipinski definition) is 2. The van der Waals surface area contributed by atoms with Crippen molar-refractivity contribution in [2.45, 2.75) is 30.7 Å². The second-order valence-corrected chi connectivity index (χ2v) is 8.86. The van der Waals surface area contributed by atoms with E-state index in [0.29, 0.717) is 17.1 Å². The van der Waals surface area contributed by atoms with Crippen LogP contribution in [0.5, 0.6) is 0 Å². The molecule has 1 amide bonds. The number of H-pyrrole nitrogens is 1. The number of carbonyl (C=O) groups excluding carboxylic acids is 2. The number of amides is 1.